The fraction of sp³-hybridized carbons (Fsp3) is 0.381. The molecular weight excluding hydrogens is 412 g/mol. The van der Waals surface area contributed by atoms with Crippen molar-refractivity contribution in [1.82, 2.24) is 9.21 Å². The van der Waals surface area contributed by atoms with Crippen LogP contribution in [0.5, 0.6) is 5.75 Å². The number of nitrogens with zero attached hydrogens (tertiary/aromatic N) is 2. The predicted octanol–water partition coefficient (Wildman–Crippen LogP) is 3.83. The van der Waals surface area contributed by atoms with Gasteiger partial charge in [-0.15, -0.1) is 0 Å². The lowest BCUT2D eigenvalue weighted by Crippen LogP contribution is -2.33. The van der Waals surface area contributed by atoms with Crippen molar-refractivity contribution in [3.8, 4) is 5.75 Å². The molecule has 2 aromatic carbocycles. The molecule has 0 heterocycles. The van der Waals surface area contributed by atoms with E-state index in [0.717, 1.165) is 5.56 Å². The van der Waals surface area contributed by atoms with Crippen molar-refractivity contribution >= 4 is 27.5 Å². The summed E-state index contributed by atoms with van der Waals surface area (Å²) in [6, 6.07) is 11.7. The summed E-state index contributed by atoms with van der Waals surface area (Å²) in [5, 5.41) is 0.578. The fourth-order valence-corrected chi connectivity index (χ4v) is 4.53. The number of hydrogen-bond donors (Lipinski definition) is 0. The Hall–Kier alpha value is -2.09. The Morgan fingerprint density at radius 1 is 1.10 bits per heavy atom. The van der Waals surface area contributed by atoms with Crippen LogP contribution in [0.2, 0.25) is 5.02 Å². The van der Waals surface area contributed by atoms with Gasteiger partial charge in [-0.05, 0) is 42.8 Å². The molecule has 0 radical (unpaired) electrons. The van der Waals surface area contributed by atoms with E-state index in [0.29, 0.717) is 42.6 Å². The molecule has 0 bridgehead atoms. The van der Waals surface area contributed by atoms with Crippen molar-refractivity contribution in [3.63, 3.8) is 0 Å². The van der Waals surface area contributed by atoms with Gasteiger partial charge in [0, 0.05) is 30.7 Å². The van der Waals surface area contributed by atoms with Crippen LogP contribution in [0.1, 0.15) is 29.8 Å². The van der Waals surface area contributed by atoms with Gasteiger partial charge in [-0.3, -0.25) is 4.79 Å². The highest BCUT2D eigenvalue weighted by Gasteiger charge is 2.24. The van der Waals surface area contributed by atoms with Crippen molar-refractivity contribution < 1.29 is 17.9 Å². The summed E-state index contributed by atoms with van der Waals surface area (Å²) in [6.45, 7) is 6.74. The second-order valence-corrected chi connectivity index (χ2v) is 8.97. The monoisotopic (exact) mass is 438 g/mol. The van der Waals surface area contributed by atoms with E-state index >= 15 is 0 Å². The molecule has 29 heavy (non-hydrogen) atoms. The lowest BCUT2D eigenvalue weighted by molar-refractivity contribution is 0.0773. The van der Waals surface area contributed by atoms with E-state index in [4.69, 9.17) is 16.3 Å². The molecule has 0 unspecified atom stereocenters. The third-order valence-electron chi connectivity index (χ3n) is 4.62. The lowest BCUT2D eigenvalue weighted by atomic mass is 10.1. The summed E-state index contributed by atoms with van der Waals surface area (Å²) < 4.78 is 32.6. The van der Waals surface area contributed by atoms with Crippen LogP contribution in [0.4, 0.5) is 0 Å². The van der Waals surface area contributed by atoms with E-state index in [9.17, 15) is 13.2 Å². The number of ether oxygens (including phenoxy) is 1. The summed E-state index contributed by atoms with van der Waals surface area (Å²) in [5.74, 6) is 0.371. The molecule has 0 saturated heterocycles. The van der Waals surface area contributed by atoms with E-state index in [-0.39, 0.29) is 10.8 Å². The smallest absolute Gasteiger partial charge is 0.254 e. The molecule has 8 heteroatoms. The summed E-state index contributed by atoms with van der Waals surface area (Å²) in [6.07, 6.45) is 0. The molecule has 0 aliphatic carbocycles. The molecule has 0 spiro atoms. The number of carbonyl (C=O) groups is 1. The van der Waals surface area contributed by atoms with E-state index in [1.54, 1.807) is 64.2 Å². The number of sulfonamides is 1. The quantitative estimate of drug-likeness (QED) is 0.596. The van der Waals surface area contributed by atoms with Gasteiger partial charge in [-0.2, -0.15) is 4.31 Å². The second-order valence-electron chi connectivity index (χ2n) is 6.60. The number of rotatable bonds is 9. The molecule has 1 amide bonds. The van der Waals surface area contributed by atoms with Crippen LogP contribution >= 0.6 is 11.6 Å². The molecule has 2 aromatic rings. The maximum absolute atomic E-state index is 12.9. The second kappa shape index (κ2) is 10.1. The van der Waals surface area contributed by atoms with Gasteiger partial charge in [0.25, 0.3) is 5.91 Å². The van der Waals surface area contributed by atoms with Crippen molar-refractivity contribution in [2.24, 2.45) is 0 Å². The van der Waals surface area contributed by atoms with Crippen LogP contribution in [0.3, 0.4) is 0 Å². The van der Waals surface area contributed by atoms with Crippen molar-refractivity contribution in [2.45, 2.75) is 25.7 Å². The minimum absolute atomic E-state index is 0.124. The average Bonchev–Trinajstić information content (AvgIpc) is 2.68. The number of hydrogen-bond acceptors (Lipinski definition) is 4. The zero-order valence-electron chi connectivity index (χ0n) is 17.2. The number of halogens is 1. The molecule has 0 aliphatic rings. The van der Waals surface area contributed by atoms with Crippen LogP contribution in [0.25, 0.3) is 0 Å². The summed E-state index contributed by atoms with van der Waals surface area (Å²) >= 11 is 5.93. The number of carbonyl (C=O) groups excluding carboxylic acids is 1. The first kappa shape index (κ1) is 23.2. The Morgan fingerprint density at radius 3 is 2.41 bits per heavy atom. The van der Waals surface area contributed by atoms with E-state index in [1.165, 1.54) is 15.3 Å². The van der Waals surface area contributed by atoms with Crippen LogP contribution in [-0.4, -0.2) is 56.8 Å². The Bertz CT molecular complexity index is 959. The Balaban J connectivity index is 2.13. The first-order chi connectivity index (χ1) is 13.7. The normalized spacial score (nSPS) is 11.5. The third kappa shape index (κ3) is 5.72. The third-order valence-corrected chi connectivity index (χ3v) is 6.90. The summed E-state index contributed by atoms with van der Waals surface area (Å²) in [7, 11) is -1.97. The van der Waals surface area contributed by atoms with Gasteiger partial charge >= 0.3 is 0 Å². The average molecular weight is 439 g/mol. The van der Waals surface area contributed by atoms with E-state index in [1.807, 2.05) is 0 Å². The van der Waals surface area contributed by atoms with E-state index in [2.05, 4.69) is 0 Å². The zero-order valence-corrected chi connectivity index (χ0v) is 18.8. The van der Waals surface area contributed by atoms with Gasteiger partial charge in [-0.1, -0.05) is 37.6 Å². The molecular formula is C21H27ClN2O4S. The minimum Gasteiger partial charge on any atom is -0.492 e. The van der Waals surface area contributed by atoms with E-state index < -0.39 is 10.0 Å². The molecule has 0 N–H and O–H groups in total. The first-order valence-electron chi connectivity index (χ1n) is 9.45. The molecule has 0 fully saturated rings. The highest BCUT2D eigenvalue weighted by atomic mass is 35.5. The van der Waals surface area contributed by atoms with Gasteiger partial charge in [0.15, 0.2) is 0 Å². The maximum Gasteiger partial charge on any atom is 0.254 e. The molecule has 158 valence electrons. The molecule has 0 atom stereocenters. The minimum atomic E-state index is -3.63. The van der Waals surface area contributed by atoms with Crippen LogP contribution < -0.4 is 4.74 Å². The van der Waals surface area contributed by atoms with Gasteiger partial charge in [0.2, 0.25) is 10.0 Å². The Morgan fingerprint density at radius 2 is 1.79 bits per heavy atom. The van der Waals surface area contributed by atoms with Crippen LogP contribution in [-0.2, 0) is 10.0 Å². The van der Waals surface area contributed by atoms with Crippen molar-refractivity contribution in [1.29, 1.82) is 0 Å². The standard InChI is InChI=1S/C21H27ClN2O4S/c1-5-24(6-2)29(26,27)19-11-10-16(3)20(15-19)21(25)23(4)12-13-28-18-9-7-8-17(22)14-18/h7-11,14-15H,5-6,12-13H2,1-4H3. The Labute approximate surface area is 178 Å². The van der Waals surface area contributed by atoms with Crippen LogP contribution in [0.15, 0.2) is 47.4 Å². The largest absolute Gasteiger partial charge is 0.492 e. The molecule has 0 aromatic heterocycles. The van der Waals surface area contributed by atoms with Crippen LogP contribution in [0, 0.1) is 6.92 Å². The number of likely N-dealkylation sites (N-methyl/N-ethyl adjacent to an activating group) is 1. The summed E-state index contributed by atoms with van der Waals surface area (Å²) in [4.78, 5) is 14.5. The maximum atomic E-state index is 12.9. The number of benzene rings is 2. The predicted molar refractivity (Wildman–Crippen MR) is 115 cm³/mol. The van der Waals surface area contributed by atoms with Gasteiger partial charge in [-0.25, -0.2) is 8.42 Å². The Kier molecular flexibility index (Phi) is 8.07. The number of amides is 1. The summed E-state index contributed by atoms with van der Waals surface area (Å²) in [5.41, 5.74) is 1.08. The highest BCUT2D eigenvalue weighted by Crippen LogP contribution is 2.21. The topological polar surface area (TPSA) is 66.9 Å². The highest BCUT2D eigenvalue weighted by molar-refractivity contribution is 7.89. The lowest BCUT2D eigenvalue weighted by Gasteiger charge is -2.21. The molecule has 2 rings (SSSR count). The van der Waals surface area contributed by atoms with Crippen molar-refractivity contribution in [2.75, 3.05) is 33.3 Å². The van der Waals surface area contributed by atoms with Crippen molar-refractivity contribution in [3.05, 3.63) is 58.6 Å². The zero-order chi connectivity index (χ0) is 21.6. The molecule has 0 saturated carbocycles. The molecule has 6 nitrogen and oxygen atoms in total. The molecule has 0 aliphatic heterocycles. The van der Waals surface area contributed by atoms with Gasteiger partial charge in [0.05, 0.1) is 11.4 Å². The number of aryl methyl sites for hydroxylation is 1. The fourth-order valence-electron chi connectivity index (χ4n) is 2.87. The van der Waals surface area contributed by atoms with Gasteiger partial charge < -0.3 is 9.64 Å². The SMILES string of the molecule is CCN(CC)S(=O)(=O)c1ccc(C)c(C(=O)N(C)CCOc2cccc(Cl)c2)c1. The van der Waals surface area contributed by atoms with Gasteiger partial charge in [0.1, 0.15) is 12.4 Å². The first-order valence-corrected chi connectivity index (χ1v) is 11.3.